The summed E-state index contributed by atoms with van der Waals surface area (Å²) >= 11 is 0. The number of ketones is 1. The molecule has 54 valence electrons. The van der Waals surface area contributed by atoms with Gasteiger partial charge in [0.25, 0.3) is 0 Å². The first kappa shape index (κ1) is 7.12. The standard InChI is InChI=1S/C7H9NO2/c1-7(2)5(8-10)3-4-6(7)9/h3-5H,1-2H3. The summed E-state index contributed by atoms with van der Waals surface area (Å²) in [5.41, 5.74) is -0.609. The van der Waals surface area contributed by atoms with Crippen molar-refractivity contribution in [2.24, 2.45) is 10.6 Å². The summed E-state index contributed by atoms with van der Waals surface area (Å²) in [4.78, 5) is 21.1. The van der Waals surface area contributed by atoms with E-state index >= 15 is 0 Å². The molecule has 0 fully saturated rings. The molecule has 1 aliphatic rings. The molecule has 0 aromatic rings. The van der Waals surface area contributed by atoms with Crippen molar-refractivity contribution in [2.75, 3.05) is 0 Å². The fourth-order valence-electron chi connectivity index (χ4n) is 0.947. The molecule has 1 atom stereocenters. The number of hydrogen-bond donors (Lipinski definition) is 0. The van der Waals surface area contributed by atoms with Gasteiger partial charge in [0.15, 0.2) is 5.78 Å². The van der Waals surface area contributed by atoms with Gasteiger partial charge >= 0.3 is 0 Å². The Morgan fingerprint density at radius 1 is 1.60 bits per heavy atom. The van der Waals surface area contributed by atoms with Crippen LogP contribution in [0.25, 0.3) is 0 Å². The van der Waals surface area contributed by atoms with Crippen molar-refractivity contribution >= 4 is 5.78 Å². The highest BCUT2D eigenvalue weighted by Gasteiger charge is 2.39. The van der Waals surface area contributed by atoms with E-state index in [4.69, 9.17) is 0 Å². The van der Waals surface area contributed by atoms with Gasteiger partial charge in [-0.05, 0) is 6.08 Å². The second-order valence-corrected chi connectivity index (χ2v) is 3.00. The van der Waals surface area contributed by atoms with Crippen LogP contribution >= 0.6 is 0 Å². The predicted molar refractivity (Wildman–Crippen MR) is 37.5 cm³/mol. The molecule has 0 amide bonds. The van der Waals surface area contributed by atoms with Crippen LogP contribution in [0.1, 0.15) is 13.8 Å². The predicted octanol–water partition coefficient (Wildman–Crippen LogP) is 1.29. The van der Waals surface area contributed by atoms with E-state index in [9.17, 15) is 9.70 Å². The lowest BCUT2D eigenvalue weighted by Crippen LogP contribution is -2.28. The summed E-state index contributed by atoms with van der Waals surface area (Å²) in [7, 11) is 0. The van der Waals surface area contributed by atoms with E-state index in [1.165, 1.54) is 6.08 Å². The van der Waals surface area contributed by atoms with Crippen LogP contribution in [0.15, 0.2) is 17.3 Å². The lowest BCUT2D eigenvalue weighted by Gasteiger charge is -2.18. The van der Waals surface area contributed by atoms with Crippen molar-refractivity contribution in [3.8, 4) is 0 Å². The second kappa shape index (κ2) is 2.01. The zero-order valence-electron chi connectivity index (χ0n) is 6.00. The van der Waals surface area contributed by atoms with Gasteiger partial charge < -0.3 is 0 Å². The Morgan fingerprint density at radius 2 is 2.20 bits per heavy atom. The molecule has 0 saturated carbocycles. The average Bonchev–Trinajstić information content (AvgIpc) is 2.10. The highest BCUT2D eigenvalue weighted by molar-refractivity contribution is 5.97. The number of rotatable bonds is 1. The zero-order valence-corrected chi connectivity index (χ0v) is 6.00. The number of nitroso groups, excluding NO2 is 1. The van der Waals surface area contributed by atoms with Crippen molar-refractivity contribution in [2.45, 2.75) is 19.9 Å². The molecule has 1 rings (SSSR count). The van der Waals surface area contributed by atoms with Crippen molar-refractivity contribution in [3.05, 3.63) is 17.1 Å². The lowest BCUT2D eigenvalue weighted by molar-refractivity contribution is -0.121. The van der Waals surface area contributed by atoms with E-state index in [0.29, 0.717) is 0 Å². The fraction of sp³-hybridized carbons (Fsp3) is 0.571. The smallest absolute Gasteiger partial charge is 0.163 e. The van der Waals surface area contributed by atoms with Gasteiger partial charge in [-0.2, -0.15) is 4.91 Å². The summed E-state index contributed by atoms with van der Waals surface area (Å²) in [6, 6.07) is -0.472. The molecule has 0 aromatic carbocycles. The summed E-state index contributed by atoms with van der Waals surface area (Å²) in [6.45, 7) is 3.45. The minimum Gasteiger partial charge on any atom is -0.294 e. The van der Waals surface area contributed by atoms with Gasteiger partial charge in [0, 0.05) is 0 Å². The molecule has 0 saturated heterocycles. The number of nitrogens with zero attached hydrogens (tertiary/aromatic N) is 1. The van der Waals surface area contributed by atoms with Crippen molar-refractivity contribution < 1.29 is 4.79 Å². The first-order valence-corrected chi connectivity index (χ1v) is 3.14. The molecule has 0 aliphatic heterocycles. The molecule has 3 nitrogen and oxygen atoms in total. The Bertz CT molecular complexity index is 206. The second-order valence-electron chi connectivity index (χ2n) is 3.00. The molecule has 3 heteroatoms. The summed E-state index contributed by atoms with van der Waals surface area (Å²) in [6.07, 6.45) is 2.97. The Kier molecular flexibility index (Phi) is 1.43. The van der Waals surface area contributed by atoms with Crippen LogP contribution in [0.2, 0.25) is 0 Å². The van der Waals surface area contributed by atoms with E-state index in [1.54, 1.807) is 19.9 Å². The number of allylic oxidation sites excluding steroid dienone is 1. The van der Waals surface area contributed by atoms with Gasteiger partial charge in [0.2, 0.25) is 0 Å². The summed E-state index contributed by atoms with van der Waals surface area (Å²) in [5, 5.41) is 2.83. The maximum Gasteiger partial charge on any atom is 0.163 e. The Hall–Kier alpha value is -0.990. The lowest BCUT2D eigenvalue weighted by atomic mass is 9.86. The van der Waals surface area contributed by atoms with E-state index in [2.05, 4.69) is 5.18 Å². The van der Waals surface area contributed by atoms with Crippen molar-refractivity contribution in [1.29, 1.82) is 0 Å². The summed E-state index contributed by atoms with van der Waals surface area (Å²) < 4.78 is 0. The van der Waals surface area contributed by atoms with E-state index in [0.717, 1.165) is 0 Å². The molecular weight excluding hydrogens is 130 g/mol. The van der Waals surface area contributed by atoms with Crippen LogP contribution in [-0.4, -0.2) is 11.8 Å². The van der Waals surface area contributed by atoms with Gasteiger partial charge in [0.1, 0.15) is 6.04 Å². The molecule has 1 unspecified atom stereocenters. The molecule has 0 N–H and O–H groups in total. The first-order chi connectivity index (χ1) is 4.59. The summed E-state index contributed by atoms with van der Waals surface area (Å²) in [5.74, 6) is -0.0166. The molecule has 0 bridgehead atoms. The third-order valence-electron chi connectivity index (χ3n) is 1.92. The SMILES string of the molecule is CC1(C)C(=O)C=CC1N=O. The topological polar surface area (TPSA) is 46.5 Å². The molecule has 0 radical (unpaired) electrons. The fourth-order valence-corrected chi connectivity index (χ4v) is 0.947. The van der Waals surface area contributed by atoms with Crippen molar-refractivity contribution in [3.63, 3.8) is 0 Å². The highest BCUT2D eigenvalue weighted by atomic mass is 16.3. The Morgan fingerprint density at radius 3 is 2.40 bits per heavy atom. The normalized spacial score (nSPS) is 29.0. The number of carbonyl (C=O) groups excluding carboxylic acids is 1. The molecular formula is C7H9NO2. The molecule has 10 heavy (non-hydrogen) atoms. The van der Waals surface area contributed by atoms with E-state index in [1.807, 2.05) is 0 Å². The maximum absolute atomic E-state index is 11.0. The van der Waals surface area contributed by atoms with Crippen molar-refractivity contribution in [1.82, 2.24) is 0 Å². The Labute approximate surface area is 59.1 Å². The van der Waals surface area contributed by atoms with Gasteiger partial charge in [-0.15, -0.1) is 0 Å². The van der Waals surface area contributed by atoms with E-state index < -0.39 is 11.5 Å². The number of carbonyl (C=O) groups is 1. The minimum atomic E-state index is -0.609. The average molecular weight is 139 g/mol. The molecule has 0 aromatic heterocycles. The first-order valence-electron chi connectivity index (χ1n) is 3.14. The van der Waals surface area contributed by atoms with Crippen LogP contribution in [0.3, 0.4) is 0 Å². The van der Waals surface area contributed by atoms with Crippen LogP contribution in [-0.2, 0) is 4.79 Å². The zero-order chi connectivity index (χ0) is 7.78. The minimum absolute atomic E-state index is 0.0166. The van der Waals surface area contributed by atoms with Gasteiger partial charge in [0.05, 0.1) is 5.41 Å². The third kappa shape index (κ3) is 0.781. The van der Waals surface area contributed by atoms with Gasteiger partial charge in [-0.3, -0.25) is 4.79 Å². The Balaban J connectivity index is 2.92. The van der Waals surface area contributed by atoms with Crippen LogP contribution in [0, 0.1) is 10.3 Å². The highest BCUT2D eigenvalue weighted by Crippen LogP contribution is 2.30. The molecule has 0 heterocycles. The van der Waals surface area contributed by atoms with Gasteiger partial charge in [-0.25, -0.2) is 0 Å². The van der Waals surface area contributed by atoms with Crippen LogP contribution < -0.4 is 0 Å². The van der Waals surface area contributed by atoms with Crippen LogP contribution in [0.5, 0.6) is 0 Å². The maximum atomic E-state index is 11.0. The van der Waals surface area contributed by atoms with Crippen LogP contribution in [0.4, 0.5) is 0 Å². The van der Waals surface area contributed by atoms with E-state index in [-0.39, 0.29) is 5.78 Å². The molecule has 0 spiro atoms. The number of hydrogen-bond acceptors (Lipinski definition) is 3. The third-order valence-corrected chi connectivity index (χ3v) is 1.92. The monoisotopic (exact) mass is 139 g/mol. The molecule has 1 aliphatic carbocycles. The van der Waals surface area contributed by atoms with Gasteiger partial charge in [-0.1, -0.05) is 25.1 Å². The quantitative estimate of drug-likeness (QED) is 0.514. The largest absolute Gasteiger partial charge is 0.294 e.